The average molecular weight is 321 g/mol. The van der Waals surface area contributed by atoms with Crippen molar-refractivity contribution in [3.05, 3.63) is 12.3 Å². The van der Waals surface area contributed by atoms with E-state index >= 15 is 0 Å². The molecule has 0 aliphatic heterocycles. The number of aliphatic carboxylic acids is 2. The quantitative estimate of drug-likeness (QED) is 0.677. The van der Waals surface area contributed by atoms with Crippen LogP contribution in [0.2, 0.25) is 0 Å². The van der Waals surface area contributed by atoms with Gasteiger partial charge in [0.25, 0.3) is 5.65 Å². The largest absolute Gasteiger partial charge is 0.542 e. The molecular formula is C10H10F3N5O4. The number of fused-ring (bicyclic) bond motifs is 1. The van der Waals surface area contributed by atoms with Crippen molar-refractivity contribution in [1.82, 2.24) is 20.1 Å². The van der Waals surface area contributed by atoms with Gasteiger partial charge < -0.3 is 15.0 Å². The summed E-state index contributed by atoms with van der Waals surface area (Å²) in [5, 5.41) is 29.1. The van der Waals surface area contributed by atoms with Crippen LogP contribution in [-0.4, -0.2) is 43.3 Å². The molecule has 0 aliphatic rings. The van der Waals surface area contributed by atoms with Gasteiger partial charge in [0.05, 0.1) is 0 Å². The molecule has 0 spiro atoms. The highest BCUT2D eigenvalue weighted by Gasteiger charge is 2.28. The Hall–Kier alpha value is -2.79. The molecule has 0 amide bonds. The summed E-state index contributed by atoms with van der Waals surface area (Å²) in [5.74, 6) is -3.85. The van der Waals surface area contributed by atoms with Crippen molar-refractivity contribution in [3.8, 4) is 0 Å². The van der Waals surface area contributed by atoms with Crippen molar-refractivity contribution in [2.75, 3.05) is 0 Å². The third kappa shape index (κ3) is 4.96. The first-order chi connectivity index (χ1) is 10.1. The van der Waals surface area contributed by atoms with Crippen LogP contribution in [0.3, 0.4) is 0 Å². The summed E-state index contributed by atoms with van der Waals surface area (Å²) in [4.78, 5) is 19.2. The summed E-state index contributed by atoms with van der Waals surface area (Å²) in [5.41, 5.74) is 1.34. The summed E-state index contributed by atoms with van der Waals surface area (Å²) in [6, 6.07) is 1.81. The Kier molecular flexibility index (Phi) is 5.32. The van der Waals surface area contributed by atoms with Gasteiger partial charge >= 0.3 is 12.1 Å². The topological polar surface area (TPSA) is 125 Å². The Labute approximate surface area is 120 Å². The number of carboxylic acids is 2. The third-order valence-electron chi connectivity index (χ3n) is 2.27. The predicted molar refractivity (Wildman–Crippen MR) is 59.8 cm³/mol. The van der Waals surface area contributed by atoms with Crippen LogP contribution in [0, 0.1) is 0 Å². The highest BCUT2D eigenvalue weighted by Crippen LogP contribution is 2.11. The number of rotatable bonds is 3. The maximum Gasteiger partial charge on any atom is 0.430 e. The highest BCUT2D eigenvalue weighted by atomic mass is 19.4. The number of carboxylic acid groups (broad SMARTS) is 2. The zero-order chi connectivity index (χ0) is 16.9. The first-order valence-corrected chi connectivity index (χ1v) is 5.67. The van der Waals surface area contributed by atoms with Crippen LogP contribution >= 0.6 is 0 Å². The molecule has 0 fully saturated rings. The van der Waals surface area contributed by atoms with Gasteiger partial charge in [0.15, 0.2) is 12.7 Å². The van der Waals surface area contributed by atoms with E-state index in [2.05, 4.69) is 15.4 Å². The van der Waals surface area contributed by atoms with Gasteiger partial charge in [-0.2, -0.15) is 13.2 Å². The van der Waals surface area contributed by atoms with Gasteiger partial charge in [0, 0.05) is 18.2 Å². The summed E-state index contributed by atoms with van der Waals surface area (Å²) in [6.07, 6.45) is -3.43. The minimum Gasteiger partial charge on any atom is -0.542 e. The maximum absolute atomic E-state index is 10.5. The lowest BCUT2D eigenvalue weighted by Crippen LogP contribution is -2.38. The highest BCUT2D eigenvalue weighted by molar-refractivity contribution is 5.70. The minimum absolute atomic E-state index is 0.0451. The Morgan fingerprint density at radius 3 is 2.55 bits per heavy atom. The van der Waals surface area contributed by atoms with E-state index in [4.69, 9.17) is 15.0 Å². The third-order valence-corrected chi connectivity index (χ3v) is 2.27. The standard InChI is InChI=1S/C8H9N5O2.C2HF3O2/c1-12-6-2-4-13(5-3-7(14)15)10-8(6)9-11-12;3-2(4,5)1(6)7/h2,4H,3,5H2,1H3;(H,6,7). The number of carbonyl (C=O) groups is 2. The SMILES string of the molecule is Cn1nnc2n[n+](CCC(=O)O)ccc21.O=C([O-])C(F)(F)F. The molecule has 2 rings (SSSR count). The van der Waals surface area contributed by atoms with Crippen LogP contribution in [0.4, 0.5) is 13.2 Å². The molecule has 22 heavy (non-hydrogen) atoms. The smallest absolute Gasteiger partial charge is 0.430 e. The van der Waals surface area contributed by atoms with Crippen molar-refractivity contribution in [1.29, 1.82) is 0 Å². The van der Waals surface area contributed by atoms with Gasteiger partial charge in [-0.05, 0) is 0 Å². The van der Waals surface area contributed by atoms with Crippen molar-refractivity contribution in [2.45, 2.75) is 19.1 Å². The first kappa shape index (κ1) is 17.3. The summed E-state index contributed by atoms with van der Waals surface area (Å²) in [6.45, 7) is 0.335. The van der Waals surface area contributed by atoms with E-state index in [0.29, 0.717) is 12.2 Å². The van der Waals surface area contributed by atoms with E-state index in [1.54, 1.807) is 22.6 Å². The van der Waals surface area contributed by atoms with Crippen molar-refractivity contribution < 1.29 is 37.7 Å². The Bertz CT molecular complexity index is 685. The zero-order valence-corrected chi connectivity index (χ0v) is 11.1. The molecule has 2 aromatic rings. The van der Waals surface area contributed by atoms with Gasteiger partial charge in [0.1, 0.15) is 17.9 Å². The van der Waals surface area contributed by atoms with E-state index in [-0.39, 0.29) is 6.42 Å². The van der Waals surface area contributed by atoms with E-state index < -0.39 is 18.1 Å². The fraction of sp³-hybridized carbons (Fsp3) is 0.400. The normalized spacial score (nSPS) is 10.9. The van der Waals surface area contributed by atoms with Gasteiger partial charge in [-0.25, -0.2) is 4.68 Å². The fourth-order valence-corrected chi connectivity index (χ4v) is 1.25. The second-order valence-electron chi connectivity index (χ2n) is 3.93. The molecular weight excluding hydrogens is 311 g/mol. The fourth-order valence-electron chi connectivity index (χ4n) is 1.25. The molecule has 0 saturated carbocycles. The second-order valence-corrected chi connectivity index (χ2v) is 3.93. The molecule has 0 atom stereocenters. The lowest BCUT2D eigenvalue weighted by Gasteiger charge is -2.03. The minimum atomic E-state index is -5.19. The summed E-state index contributed by atoms with van der Waals surface area (Å²) < 4.78 is 34.7. The lowest BCUT2D eigenvalue weighted by atomic mass is 10.4. The molecule has 0 aromatic carbocycles. The van der Waals surface area contributed by atoms with Crippen molar-refractivity contribution in [2.24, 2.45) is 7.05 Å². The number of nitrogens with zero attached hydrogens (tertiary/aromatic N) is 5. The molecule has 9 nitrogen and oxygen atoms in total. The van der Waals surface area contributed by atoms with E-state index in [1.807, 2.05) is 6.07 Å². The van der Waals surface area contributed by atoms with Crippen LogP contribution in [-0.2, 0) is 23.2 Å². The molecule has 12 heteroatoms. The van der Waals surface area contributed by atoms with Crippen molar-refractivity contribution in [3.63, 3.8) is 0 Å². The molecule has 2 aromatic heterocycles. The number of halogens is 3. The predicted octanol–water partition coefficient (Wildman–Crippen LogP) is -1.58. The van der Waals surface area contributed by atoms with Gasteiger partial charge in [-0.3, -0.25) is 4.79 Å². The first-order valence-electron chi connectivity index (χ1n) is 5.67. The Morgan fingerprint density at radius 1 is 1.45 bits per heavy atom. The average Bonchev–Trinajstić information content (AvgIpc) is 2.77. The zero-order valence-electron chi connectivity index (χ0n) is 11.1. The molecule has 0 aliphatic carbocycles. The number of carbonyl (C=O) groups excluding carboxylic acids is 1. The number of hydrogen-bond acceptors (Lipinski definition) is 6. The van der Waals surface area contributed by atoms with Crippen LogP contribution in [0.25, 0.3) is 11.2 Å². The van der Waals surface area contributed by atoms with Gasteiger partial charge in [-0.1, -0.05) is 9.90 Å². The van der Waals surface area contributed by atoms with Crippen LogP contribution < -0.4 is 9.79 Å². The van der Waals surface area contributed by atoms with Crippen LogP contribution in [0.1, 0.15) is 6.42 Å². The van der Waals surface area contributed by atoms with Crippen LogP contribution in [0.5, 0.6) is 0 Å². The molecule has 0 unspecified atom stereocenters. The van der Waals surface area contributed by atoms with Gasteiger partial charge in [-0.15, -0.1) is 5.10 Å². The summed E-state index contributed by atoms with van der Waals surface area (Å²) in [7, 11) is 1.78. The van der Waals surface area contributed by atoms with E-state index in [1.165, 1.54) is 0 Å². The van der Waals surface area contributed by atoms with E-state index in [9.17, 15) is 18.0 Å². The number of aryl methyl sites for hydroxylation is 2. The molecule has 0 bridgehead atoms. The number of alkyl halides is 3. The maximum atomic E-state index is 10.5. The molecule has 120 valence electrons. The monoisotopic (exact) mass is 321 g/mol. The Balaban J connectivity index is 0.000000295. The van der Waals surface area contributed by atoms with Crippen molar-refractivity contribution >= 4 is 23.1 Å². The molecule has 0 radical (unpaired) electrons. The molecule has 0 saturated heterocycles. The number of aromatic nitrogens is 5. The second kappa shape index (κ2) is 6.78. The number of hydrogen-bond donors (Lipinski definition) is 1. The van der Waals surface area contributed by atoms with Gasteiger partial charge in [0.2, 0.25) is 0 Å². The summed E-state index contributed by atoms with van der Waals surface area (Å²) >= 11 is 0. The molecule has 1 N–H and O–H groups in total. The lowest BCUT2D eigenvalue weighted by molar-refractivity contribution is -0.750. The Morgan fingerprint density at radius 2 is 2.05 bits per heavy atom. The van der Waals surface area contributed by atoms with Crippen LogP contribution in [0.15, 0.2) is 12.3 Å². The molecule has 2 heterocycles. The van der Waals surface area contributed by atoms with E-state index in [0.717, 1.165) is 5.52 Å².